The van der Waals surface area contributed by atoms with Crippen molar-refractivity contribution in [2.45, 2.75) is 39.4 Å². The molecule has 1 fully saturated rings. The zero-order valence-corrected chi connectivity index (χ0v) is 19.4. The highest BCUT2D eigenvalue weighted by molar-refractivity contribution is 14.0. The van der Waals surface area contributed by atoms with Gasteiger partial charge in [-0.2, -0.15) is 5.26 Å². The number of hydrogen-bond acceptors (Lipinski definition) is 3. The number of nitrogens with one attached hydrogen (secondary N) is 2. The maximum absolute atomic E-state index is 9.02. The second-order valence-electron chi connectivity index (χ2n) is 7.16. The van der Waals surface area contributed by atoms with E-state index < -0.39 is 0 Å². The molecule has 0 spiro atoms. The van der Waals surface area contributed by atoms with E-state index in [4.69, 9.17) is 5.26 Å². The Balaban J connectivity index is 0.00000300. The summed E-state index contributed by atoms with van der Waals surface area (Å²) < 4.78 is 0. The predicted molar refractivity (Wildman–Crippen MR) is 129 cm³/mol. The monoisotopic (exact) mass is 503 g/mol. The quantitative estimate of drug-likeness (QED) is 0.341. The second-order valence-corrected chi connectivity index (χ2v) is 7.16. The Labute approximate surface area is 191 Å². The van der Waals surface area contributed by atoms with E-state index in [0.717, 1.165) is 31.2 Å². The molecule has 1 aliphatic rings. The number of nitrogens with zero attached hydrogens (tertiary/aromatic N) is 3. The van der Waals surface area contributed by atoms with Crippen LogP contribution in [0.2, 0.25) is 0 Å². The number of benzene rings is 2. The fourth-order valence-electron chi connectivity index (χ4n) is 3.40. The molecule has 0 saturated carbocycles. The summed E-state index contributed by atoms with van der Waals surface area (Å²) in [6.45, 7) is 7.64. The maximum atomic E-state index is 9.02. The Hall–Kier alpha value is -2.11. The van der Waals surface area contributed by atoms with Gasteiger partial charge >= 0.3 is 0 Å². The Morgan fingerprint density at radius 3 is 2.45 bits per heavy atom. The van der Waals surface area contributed by atoms with Crippen molar-refractivity contribution in [1.29, 1.82) is 5.26 Å². The average Bonchev–Trinajstić information content (AvgIpc) is 3.24. The molecular formula is C23H30IN5. The van der Waals surface area contributed by atoms with Crippen LogP contribution in [0.1, 0.15) is 42.0 Å². The summed E-state index contributed by atoms with van der Waals surface area (Å²) in [6.07, 6.45) is 2.66. The molecule has 0 atom stereocenters. The molecule has 3 rings (SSSR count). The summed E-state index contributed by atoms with van der Waals surface area (Å²) in [5.41, 5.74) is 4.31. The number of halogens is 1. The minimum Gasteiger partial charge on any atom is -0.357 e. The second kappa shape index (κ2) is 12.5. The fraction of sp³-hybridized carbons (Fsp3) is 0.391. The molecular weight excluding hydrogens is 473 g/mol. The van der Waals surface area contributed by atoms with Gasteiger partial charge in [0, 0.05) is 19.6 Å². The van der Waals surface area contributed by atoms with E-state index in [1.165, 1.54) is 37.1 Å². The maximum Gasteiger partial charge on any atom is 0.191 e. The van der Waals surface area contributed by atoms with Crippen molar-refractivity contribution in [2.24, 2.45) is 4.99 Å². The van der Waals surface area contributed by atoms with Gasteiger partial charge in [0.1, 0.15) is 0 Å². The first-order valence-corrected chi connectivity index (χ1v) is 10.1. The lowest BCUT2D eigenvalue weighted by atomic mass is 10.1. The Bertz CT molecular complexity index is 820. The zero-order valence-electron chi connectivity index (χ0n) is 17.0. The Morgan fingerprint density at radius 2 is 1.76 bits per heavy atom. The smallest absolute Gasteiger partial charge is 0.191 e. The number of nitriles is 1. The summed E-state index contributed by atoms with van der Waals surface area (Å²) in [7, 11) is 0. The molecule has 1 heterocycles. The number of aliphatic imine (C=N–C) groups is 1. The van der Waals surface area contributed by atoms with Crippen LogP contribution < -0.4 is 10.6 Å². The molecule has 5 nitrogen and oxygen atoms in total. The predicted octanol–water partition coefficient (Wildman–Crippen LogP) is 4.03. The standard InChI is InChI=1S/C23H29N5.HI/c1-2-25-23(27-17-22-7-5-6-21(14-22)15-24)26-16-19-8-10-20(11-9-19)18-28-12-3-4-13-28;/h5-11,14H,2-4,12-13,16-18H2,1H3,(H2,25,26,27);1H. The molecule has 0 aliphatic carbocycles. The van der Waals surface area contributed by atoms with Crippen molar-refractivity contribution in [2.75, 3.05) is 19.6 Å². The molecule has 6 heteroatoms. The fourth-order valence-corrected chi connectivity index (χ4v) is 3.40. The van der Waals surface area contributed by atoms with E-state index in [1.807, 2.05) is 24.3 Å². The largest absolute Gasteiger partial charge is 0.357 e. The molecule has 29 heavy (non-hydrogen) atoms. The van der Waals surface area contributed by atoms with Crippen LogP contribution in [0.4, 0.5) is 0 Å². The third-order valence-corrected chi connectivity index (χ3v) is 4.91. The highest BCUT2D eigenvalue weighted by Gasteiger charge is 2.11. The van der Waals surface area contributed by atoms with Gasteiger partial charge in [-0.3, -0.25) is 4.90 Å². The SMILES string of the molecule is CCNC(=NCc1cccc(C#N)c1)NCc1ccc(CN2CCCC2)cc1.I. The van der Waals surface area contributed by atoms with Crippen LogP contribution in [-0.2, 0) is 19.6 Å². The van der Waals surface area contributed by atoms with Gasteiger partial charge in [-0.25, -0.2) is 4.99 Å². The summed E-state index contributed by atoms with van der Waals surface area (Å²) >= 11 is 0. The molecule has 2 aromatic carbocycles. The first-order valence-electron chi connectivity index (χ1n) is 10.1. The molecule has 1 saturated heterocycles. The van der Waals surface area contributed by atoms with Gasteiger partial charge in [0.25, 0.3) is 0 Å². The Morgan fingerprint density at radius 1 is 1.03 bits per heavy atom. The van der Waals surface area contributed by atoms with Gasteiger partial charge in [-0.15, -0.1) is 24.0 Å². The van der Waals surface area contributed by atoms with E-state index in [-0.39, 0.29) is 24.0 Å². The minimum absolute atomic E-state index is 0. The first-order chi connectivity index (χ1) is 13.8. The van der Waals surface area contributed by atoms with Crippen molar-refractivity contribution in [3.05, 3.63) is 70.8 Å². The molecule has 0 radical (unpaired) electrons. The number of guanidine groups is 1. The van der Waals surface area contributed by atoms with Crippen molar-refractivity contribution in [3.8, 4) is 6.07 Å². The third-order valence-electron chi connectivity index (χ3n) is 4.91. The molecule has 2 N–H and O–H groups in total. The summed E-state index contributed by atoms with van der Waals surface area (Å²) in [6, 6.07) is 18.6. The van der Waals surface area contributed by atoms with E-state index in [0.29, 0.717) is 12.1 Å². The molecule has 0 aromatic heterocycles. The Kier molecular flexibility index (Phi) is 9.95. The average molecular weight is 503 g/mol. The van der Waals surface area contributed by atoms with Gasteiger partial charge in [0.2, 0.25) is 0 Å². The van der Waals surface area contributed by atoms with Crippen molar-refractivity contribution >= 4 is 29.9 Å². The van der Waals surface area contributed by atoms with Crippen molar-refractivity contribution < 1.29 is 0 Å². The van der Waals surface area contributed by atoms with Crippen LogP contribution >= 0.6 is 24.0 Å². The zero-order chi connectivity index (χ0) is 19.6. The van der Waals surface area contributed by atoms with Gasteiger partial charge in [-0.05, 0) is 61.7 Å². The molecule has 2 aromatic rings. The van der Waals surface area contributed by atoms with E-state index in [2.05, 4.69) is 57.8 Å². The first kappa shape index (κ1) is 23.2. The summed E-state index contributed by atoms with van der Waals surface area (Å²) in [4.78, 5) is 7.16. The van der Waals surface area contributed by atoms with Gasteiger partial charge in [0.15, 0.2) is 5.96 Å². The number of likely N-dealkylation sites (tertiary alicyclic amines) is 1. The van der Waals surface area contributed by atoms with E-state index >= 15 is 0 Å². The summed E-state index contributed by atoms with van der Waals surface area (Å²) in [5, 5.41) is 15.7. The molecule has 154 valence electrons. The molecule has 0 unspecified atom stereocenters. The lowest BCUT2D eigenvalue weighted by molar-refractivity contribution is 0.331. The van der Waals surface area contributed by atoms with E-state index in [1.54, 1.807) is 0 Å². The van der Waals surface area contributed by atoms with E-state index in [9.17, 15) is 0 Å². The van der Waals surface area contributed by atoms with Gasteiger partial charge in [-0.1, -0.05) is 36.4 Å². The third kappa shape index (κ3) is 7.67. The van der Waals surface area contributed by atoms with Crippen LogP contribution in [0.5, 0.6) is 0 Å². The molecule has 1 aliphatic heterocycles. The van der Waals surface area contributed by atoms with Crippen LogP contribution in [0.15, 0.2) is 53.5 Å². The van der Waals surface area contributed by atoms with Gasteiger partial charge in [0.05, 0.1) is 18.2 Å². The highest BCUT2D eigenvalue weighted by Crippen LogP contribution is 2.13. The van der Waals surface area contributed by atoms with Crippen LogP contribution in [0.3, 0.4) is 0 Å². The van der Waals surface area contributed by atoms with Crippen molar-refractivity contribution in [3.63, 3.8) is 0 Å². The summed E-state index contributed by atoms with van der Waals surface area (Å²) in [5.74, 6) is 0.783. The topological polar surface area (TPSA) is 63.5 Å². The van der Waals surface area contributed by atoms with Gasteiger partial charge < -0.3 is 10.6 Å². The van der Waals surface area contributed by atoms with Crippen LogP contribution in [0, 0.1) is 11.3 Å². The number of hydrogen-bond donors (Lipinski definition) is 2. The number of rotatable bonds is 7. The molecule has 0 amide bonds. The van der Waals surface area contributed by atoms with Crippen LogP contribution in [0.25, 0.3) is 0 Å². The minimum atomic E-state index is 0. The molecule has 0 bridgehead atoms. The lowest BCUT2D eigenvalue weighted by Crippen LogP contribution is -2.36. The van der Waals surface area contributed by atoms with Crippen LogP contribution in [-0.4, -0.2) is 30.5 Å². The van der Waals surface area contributed by atoms with Crippen molar-refractivity contribution in [1.82, 2.24) is 15.5 Å². The highest BCUT2D eigenvalue weighted by atomic mass is 127. The normalized spacial score (nSPS) is 14.1. The lowest BCUT2D eigenvalue weighted by Gasteiger charge is -2.15.